The minimum absolute atomic E-state index is 0. The van der Waals surface area contributed by atoms with Gasteiger partial charge in [0.25, 0.3) is 0 Å². The monoisotopic (exact) mass is 291 g/mol. The van der Waals surface area contributed by atoms with Crippen LogP contribution in [0, 0.1) is 11.6 Å². The lowest BCUT2D eigenvalue weighted by Crippen LogP contribution is -2.22. The highest BCUT2D eigenvalue weighted by Gasteiger charge is 2.33. The van der Waals surface area contributed by atoms with E-state index in [2.05, 4.69) is 4.74 Å². The molecule has 0 aliphatic rings. The van der Waals surface area contributed by atoms with Gasteiger partial charge in [-0.3, -0.25) is 0 Å². The number of hydrogen-bond donors (Lipinski definition) is 1. The van der Waals surface area contributed by atoms with E-state index in [1.54, 1.807) is 0 Å². The average Bonchev–Trinajstić information content (AvgIpc) is 2.13. The van der Waals surface area contributed by atoms with Crippen LogP contribution in [0.1, 0.15) is 18.0 Å². The summed E-state index contributed by atoms with van der Waals surface area (Å²) in [4.78, 5) is 0. The highest BCUT2D eigenvalue weighted by atomic mass is 35.5. The molecular formula is C10H11ClF5NO. The van der Waals surface area contributed by atoms with Crippen LogP contribution in [0.3, 0.4) is 0 Å². The topological polar surface area (TPSA) is 35.2 Å². The fraction of sp³-hybridized carbons (Fsp3) is 0.400. The summed E-state index contributed by atoms with van der Waals surface area (Å²) in [7, 11) is 1.18. The van der Waals surface area contributed by atoms with Gasteiger partial charge in [0.1, 0.15) is 17.4 Å². The van der Waals surface area contributed by atoms with Gasteiger partial charge >= 0.3 is 6.18 Å². The molecule has 0 spiro atoms. The molecule has 0 saturated carbocycles. The van der Waals surface area contributed by atoms with Gasteiger partial charge in [-0.1, -0.05) is 0 Å². The van der Waals surface area contributed by atoms with E-state index in [0.717, 1.165) is 12.1 Å². The Kier molecular flexibility index (Phi) is 5.82. The van der Waals surface area contributed by atoms with Crippen molar-refractivity contribution >= 4 is 12.4 Å². The molecule has 1 aromatic rings. The molecule has 0 aliphatic carbocycles. The summed E-state index contributed by atoms with van der Waals surface area (Å²) in [5, 5.41) is 0. The van der Waals surface area contributed by atoms with Crippen LogP contribution in [0.2, 0.25) is 0 Å². The Balaban J connectivity index is 0.00000289. The van der Waals surface area contributed by atoms with Gasteiger partial charge in [-0.2, -0.15) is 13.2 Å². The summed E-state index contributed by atoms with van der Waals surface area (Å²) in [6.45, 7) is 0. The lowest BCUT2D eigenvalue weighted by atomic mass is 10.0. The molecule has 2 N–H and O–H groups in total. The van der Waals surface area contributed by atoms with E-state index in [1.807, 2.05) is 0 Å². The van der Waals surface area contributed by atoms with E-state index in [0.29, 0.717) is 0 Å². The van der Waals surface area contributed by atoms with Crippen molar-refractivity contribution in [3.8, 4) is 5.75 Å². The minimum atomic E-state index is -4.59. The van der Waals surface area contributed by atoms with Gasteiger partial charge in [-0.05, 0) is 0 Å². The first-order valence-electron chi connectivity index (χ1n) is 4.60. The smallest absolute Gasteiger partial charge is 0.390 e. The maximum absolute atomic E-state index is 13.4. The van der Waals surface area contributed by atoms with Crippen molar-refractivity contribution in [3.63, 3.8) is 0 Å². The van der Waals surface area contributed by atoms with Gasteiger partial charge < -0.3 is 10.5 Å². The zero-order valence-corrected chi connectivity index (χ0v) is 10.0. The molecule has 0 aromatic heterocycles. The molecule has 18 heavy (non-hydrogen) atoms. The first kappa shape index (κ1) is 16.9. The molecule has 0 heterocycles. The second-order valence-electron chi connectivity index (χ2n) is 3.43. The Morgan fingerprint density at radius 1 is 1.22 bits per heavy atom. The number of ether oxygens (including phenoxy) is 1. The molecule has 2 nitrogen and oxygen atoms in total. The molecule has 0 saturated heterocycles. The molecule has 1 rings (SSSR count). The number of hydrogen-bond acceptors (Lipinski definition) is 2. The van der Waals surface area contributed by atoms with Crippen LogP contribution >= 0.6 is 12.4 Å². The zero-order valence-electron chi connectivity index (χ0n) is 9.22. The molecule has 0 bridgehead atoms. The van der Waals surface area contributed by atoms with Crippen LogP contribution in [-0.2, 0) is 0 Å². The highest BCUT2D eigenvalue weighted by molar-refractivity contribution is 5.85. The van der Waals surface area contributed by atoms with Crippen LogP contribution in [0.15, 0.2) is 12.1 Å². The average molecular weight is 292 g/mol. The van der Waals surface area contributed by atoms with Crippen LogP contribution in [-0.4, -0.2) is 13.3 Å². The van der Waals surface area contributed by atoms with Gasteiger partial charge in [0.05, 0.1) is 13.5 Å². The summed E-state index contributed by atoms with van der Waals surface area (Å²) >= 11 is 0. The molecular weight excluding hydrogens is 281 g/mol. The van der Waals surface area contributed by atoms with Crippen molar-refractivity contribution in [2.45, 2.75) is 18.6 Å². The third kappa shape index (κ3) is 4.30. The third-order valence-electron chi connectivity index (χ3n) is 2.11. The summed E-state index contributed by atoms with van der Waals surface area (Å²) in [5.41, 5.74) is 4.34. The summed E-state index contributed by atoms with van der Waals surface area (Å²) in [6, 6.07) is -0.204. The van der Waals surface area contributed by atoms with Crippen molar-refractivity contribution in [3.05, 3.63) is 29.3 Å². The summed E-state index contributed by atoms with van der Waals surface area (Å²) in [6.07, 6.45) is -6.08. The Morgan fingerprint density at radius 2 is 1.67 bits per heavy atom. The molecule has 0 radical (unpaired) electrons. The number of halogens is 6. The van der Waals surface area contributed by atoms with E-state index in [1.165, 1.54) is 7.11 Å². The number of benzene rings is 1. The zero-order chi connectivity index (χ0) is 13.2. The quantitative estimate of drug-likeness (QED) is 0.867. The fourth-order valence-electron chi connectivity index (χ4n) is 1.38. The maximum Gasteiger partial charge on any atom is 0.390 e. The number of methoxy groups -OCH3 is 1. The highest BCUT2D eigenvalue weighted by Crippen LogP contribution is 2.32. The molecule has 0 fully saturated rings. The first-order chi connectivity index (χ1) is 7.74. The Labute approximate surface area is 106 Å². The fourth-order valence-corrected chi connectivity index (χ4v) is 1.38. The van der Waals surface area contributed by atoms with Gasteiger partial charge in [0.15, 0.2) is 0 Å². The summed E-state index contributed by atoms with van der Waals surface area (Å²) < 4.78 is 67.4. The van der Waals surface area contributed by atoms with E-state index < -0.39 is 35.8 Å². The normalized spacial score (nSPS) is 12.8. The largest absolute Gasteiger partial charge is 0.497 e. The molecule has 1 atom stereocenters. The van der Waals surface area contributed by atoms with Crippen LogP contribution in [0.25, 0.3) is 0 Å². The number of rotatable bonds is 3. The Morgan fingerprint density at radius 3 is 2.00 bits per heavy atom. The second-order valence-corrected chi connectivity index (χ2v) is 3.43. The van der Waals surface area contributed by atoms with Gasteiger partial charge in [0, 0.05) is 23.7 Å². The molecule has 0 aliphatic heterocycles. The molecule has 0 unspecified atom stereocenters. The second kappa shape index (κ2) is 6.19. The lowest BCUT2D eigenvalue weighted by Gasteiger charge is -2.16. The number of alkyl halides is 3. The standard InChI is InChI=1S/C10H10F5NO.ClH/c1-17-5-2-6(11)9(7(12)3-5)8(16)4-10(13,14)15;/h2-3,8H,4,16H2,1H3;1H/t8-;/m1./s1. The third-order valence-corrected chi connectivity index (χ3v) is 2.11. The SMILES string of the molecule is COc1cc(F)c([C@H](N)CC(F)(F)F)c(F)c1.Cl. The molecule has 1 aromatic carbocycles. The van der Waals surface area contributed by atoms with Crippen molar-refractivity contribution in [2.24, 2.45) is 5.73 Å². The van der Waals surface area contributed by atoms with Crippen molar-refractivity contribution in [2.75, 3.05) is 7.11 Å². The Bertz CT molecular complexity index is 387. The van der Waals surface area contributed by atoms with Crippen molar-refractivity contribution in [1.82, 2.24) is 0 Å². The molecule has 0 amide bonds. The van der Waals surface area contributed by atoms with Gasteiger partial charge in [0.2, 0.25) is 0 Å². The van der Waals surface area contributed by atoms with E-state index in [4.69, 9.17) is 5.73 Å². The predicted molar refractivity (Wildman–Crippen MR) is 57.8 cm³/mol. The maximum atomic E-state index is 13.4. The van der Waals surface area contributed by atoms with Gasteiger partial charge in [-0.25, -0.2) is 8.78 Å². The van der Waals surface area contributed by atoms with E-state index in [-0.39, 0.29) is 18.2 Å². The van der Waals surface area contributed by atoms with E-state index in [9.17, 15) is 22.0 Å². The van der Waals surface area contributed by atoms with Crippen LogP contribution in [0.4, 0.5) is 22.0 Å². The first-order valence-corrected chi connectivity index (χ1v) is 4.60. The number of nitrogens with two attached hydrogens (primary N) is 1. The molecule has 104 valence electrons. The Hall–Kier alpha value is -1.08. The van der Waals surface area contributed by atoms with Crippen molar-refractivity contribution in [1.29, 1.82) is 0 Å². The van der Waals surface area contributed by atoms with Crippen molar-refractivity contribution < 1.29 is 26.7 Å². The minimum Gasteiger partial charge on any atom is -0.497 e. The van der Waals surface area contributed by atoms with Crippen LogP contribution in [0.5, 0.6) is 5.75 Å². The lowest BCUT2D eigenvalue weighted by molar-refractivity contribution is -0.138. The predicted octanol–water partition coefficient (Wildman–Crippen LogP) is 3.35. The van der Waals surface area contributed by atoms with Crippen LogP contribution < -0.4 is 10.5 Å². The molecule has 8 heteroatoms. The van der Waals surface area contributed by atoms with E-state index >= 15 is 0 Å². The summed E-state index contributed by atoms with van der Waals surface area (Å²) in [5.74, 6) is -2.43. The van der Waals surface area contributed by atoms with Gasteiger partial charge in [-0.15, -0.1) is 12.4 Å².